The van der Waals surface area contributed by atoms with Crippen molar-refractivity contribution in [1.82, 2.24) is 19.0 Å². The third-order valence-corrected chi connectivity index (χ3v) is 9.52. The number of aromatic nitrogens is 2. The van der Waals surface area contributed by atoms with Crippen molar-refractivity contribution < 1.29 is 39.6 Å². The standard InChI is InChI=1S/C25H28F6N4O3S/c26-24(27,28)15-39(37,38)33-12-9-17(10-13-33)35-22(16-7-8-16)19(14-32-35)23(36)34-11-3-6-21(34)18-4-1-2-5-20(18)25(29,30)31/h1-2,4-5,14,16-17,21H,3,6-13,15H2. The van der Waals surface area contributed by atoms with Gasteiger partial charge in [-0.2, -0.15) is 31.4 Å². The maximum atomic E-state index is 13.8. The second-order valence-electron chi connectivity index (χ2n) is 10.4. The molecule has 7 nitrogen and oxygen atoms in total. The van der Waals surface area contributed by atoms with E-state index in [1.807, 2.05) is 0 Å². The summed E-state index contributed by atoms with van der Waals surface area (Å²) in [5.74, 6) is -2.26. The zero-order valence-corrected chi connectivity index (χ0v) is 21.7. The van der Waals surface area contributed by atoms with E-state index in [1.54, 1.807) is 4.68 Å². The van der Waals surface area contributed by atoms with Gasteiger partial charge in [0.05, 0.1) is 35.1 Å². The van der Waals surface area contributed by atoms with Crippen LogP contribution in [0.1, 0.15) is 83.7 Å². The number of rotatable bonds is 6. The van der Waals surface area contributed by atoms with Crippen molar-refractivity contribution in [1.29, 1.82) is 0 Å². The van der Waals surface area contributed by atoms with Crippen LogP contribution < -0.4 is 0 Å². The van der Waals surface area contributed by atoms with E-state index in [1.165, 1.54) is 29.3 Å². The van der Waals surface area contributed by atoms with E-state index >= 15 is 0 Å². The number of hydrogen-bond acceptors (Lipinski definition) is 4. The van der Waals surface area contributed by atoms with E-state index in [-0.39, 0.29) is 43.5 Å². The molecule has 5 rings (SSSR count). The fourth-order valence-corrected chi connectivity index (χ4v) is 7.15. The van der Waals surface area contributed by atoms with Gasteiger partial charge in [0.25, 0.3) is 5.91 Å². The van der Waals surface area contributed by atoms with Gasteiger partial charge in [-0.05, 0) is 50.2 Å². The van der Waals surface area contributed by atoms with Crippen molar-refractivity contribution in [2.24, 2.45) is 0 Å². The summed E-state index contributed by atoms with van der Waals surface area (Å²) in [5, 5.41) is 4.44. The molecule has 3 aliphatic rings. The van der Waals surface area contributed by atoms with E-state index in [4.69, 9.17) is 0 Å². The van der Waals surface area contributed by atoms with Crippen molar-refractivity contribution in [3.63, 3.8) is 0 Å². The lowest BCUT2D eigenvalue weighted by Gasteiger charge is -2.32. The fraction of sp³-hybridized carbons (Fsp3) is 0.600. The van der Waals surface area contributed by atoms with Crippen molar-refractivity contribution in [2.75, 3.05) is 25.4 Å². The molecule has 1 atom stereocenters. The normalized spacial score (nSPS) is 22.0. The van der Waals surface area contributed by atoms with Gasteiger partial charge < -0.3 is 4.90 Å². The molecule has 1 saturated carbocycles. The zero-order chi connectivity index (χ0) is 28.2. The summed E-state index contributed by atoms with van der Waals surface area (Å²) in [6.07, 6.45) is -4.92. The highest BCUT2D eigenvalue weighted by molar-refractivity contribution is 7.89. The Morgan fingerprint density at radius 1 is 0.949 bits per heavy atom. The van der Waals surface area contributed by atoms with Gasteiger partial charge in [0.15, 0.2) is 5.75 Å². The number of alkyl halides is 6. The molecule has 1 unspecified atom stereocenters. The Morgan fingerprint density at radius 2 is 1.62 bits per heavy atom. The molecule has 1 aliphatic carbocycles. The number of carbonyl (C=O) groups is 1. The molecule has 3 heterocycles. The predicted molar refractivity (Wildman–Crippen MR) is 128 cm³/mol. The van der Waals surface area contributed by atoms with E-state index in [9.17, 15) is 39.6 Å². The van der Waals surface area contributed by atoms with Crippen molar-refractivity contribution in [3.8, 4) is 0 Å². The molecule has 1 amide bonds. The highest BCUT2D eigenvalue weighted by Gasteiger charge is 2.43. The lowest BCUT2D eigenvalue weighted by molar-refractivity contribution is -0.138. The highest BCUT2D eigenvalue weighted by atomic mass is 32.2. The van der Waals surface area contributed by atoms with Crippen LogP contribution in [0.3, 0.4) is 0 Å². The molecule has 214 valence electrons. The largest absolute Gasteiger partial charge is 0.416 e. The molecule has 0 N–H and O–H groups in total. The molecule has 0 radical (unpaired) electrons. The monoisotopic (exact) mass is 578 g/mol. The Bertz CT molecular complexity index is 1330. The van der Waals surface area contributed by atoms with E-state index in [0.717, 1.165) is 23.2 Å². The summed E-state index contributed by atoms with van der Waals surface area (Å²) in [4.78, 5) is 15.2. The molecule has 0 spiro atoms. The molecule has 3 fully saturated rings. The first kappa shape index (κ1) is 27.9. The second kappa shape index (κ2) is 10.1. The first-order valence-corrected chi connectivity index (χ1v) is 14.5. The van der Waals surface area contributed by atoms with Crippen LogP contribution in [-0.4, -0.2) is 64.9 Å². The molecule has 39 heavy (non-hydrogen) atoms. The summed E-state index contributed by atoms with van der Waals surface area (Å²) >= 11 is 0. The first-order valence-electron chi connectivity index (χ1n) is 12.9. The summed E-state index contributed by atoms with van der Waals surface area (Å²) in [5.41, 5.74) is 0.288. The maximum absolute atomic E-state index is 13.8. The molecule has 2 aliphatic heterocycles. The van der Waals surface area contributed by atoms with Gasteiger partial charge in [0.2, 0.25) is 10.0 Å². The van der Waals surface area contributed by atoms with Gasteiger partial charge in [0, 0.05) is 25.6 Å². The summed E-state index contributed by atoms with van der Waals surface area (Å²) in [6.45, 7) is 0.109. The van der Waals surface area contributed by atoms with Gasteiger partial charge in [-0.1, -0.05) is 18.2 Å². The number of halogens is 6. The number of benzene rings is 1. The van der Waals surface area contributed by atoms with Gasteiger partial charge >= 0.3 is 12.4 Å². The van der Waals surface area contributed by atoms with Crippen LogP contribution in [0.4, 0.5) is 26.3 Å². The number of sulfonamides is 1. The molecular formula is C25H28F6N4O3S. The Hall–Kier alpha value is -2.61. The Kier molecular flexibility index (Phi) is 7.23. The average Bonchev–Trinajstić information content (AvgIpc) is 3.40. The van der Waals surface area contributed by atoms with Gasteiger partial charge in [-0.25, -0.2) is 12.7 Å². The number of nitrogens with zero attached hydrogens (tertiary/aromatic N) is 4. The van der Waals surface area contributed by atoms with Crippen LogP contribution in [0.25, 0.3) is 0 Å². The lowest BCUT2D eigenvalue weighted by atomic mass is 9.97. The summed E-state index contributed by atoms with van der Waals surface area (Å²) in [7, 11) is -4.49. The Morgan fingerprint density at radius 3 is 2.23 bits per heavy atom. The Labute approximate surface area is 221 Å². The van der Waals surface area contributed by atoms with Crippen LogP contribution in [0.2, 0.25) is 0 Å². The third kappa shape index (κ3) is 5.81. The molecule has 14 heteroatoms. The number of hydrogen-bond donors (Lipinski definition) is 0. The van der Waals surface area contributed by atoms with Crippen LogP contribution in [0.15, 0.2) is 30.5 Å². The predicted octanol–water partition coefficient (Wildman–Crippen LogP) is 5.29. The minimum absolute atomic E-state index is 0.0435. The number of amides is 1. The molecule has 2 aromatic rings. The SMILES string of the molecule is O=C(c1cnn(C2CCN(S(=O)(=O)CC(F)(F)F)CC2)c1C1CC1)N1CCCC1c1ccccc1C(F)(F)F. The van der Waals surface area contributed by atoms with Crippen LogP contribution in [0, 0.1) is 0 Å². The topological polar surface area (TPSA) is 75.5 Å². The highest BCUT2D eigenvalue weighted by Crippen LogP contribution is 2.45. The van der Waals surface area contributed by atoms with Crippen LogP contribution in [-0.2, 0) is 16.2 Å². The molecular weight excluding hydrogens is 550 g/mol. The zero-order valence-electron chi connectivity index (χ0n) is 20.9. The smallest absolute Gasteiger partial charge is 0.331 e. The maximum Gasteiger partial charge on any atom is 0.416 e. The fourth-order valence-electron chi connectivity index (χ4n) is 5.79. The minimum Gasteiger partial charge on any atom is -0.331 e. The number of carbonyl (C=O) groups excluding carboxylic acids is 1. The van der Waals surface area contributed by atoms with Crippen molar-refractivity contribution >= 4 is 15.9 Å². The van der Waals surface area contributed by atoms with Crippen LogP contribution in [0.5, 0.6) is 0 Å². The molecule has 1 aromatic heterocycles. The number of likely N-dealkylation sites (tertiary alicyclic amines) is 1. The van der Waals surface area contributed by atoms with Crippen molar-refractivity contribution in [2.45, 2.75) is 68.9 Å². The first-order chi connectivity index (χ1) is 18.3. The number of piperidine rings is 1. The van der Waals surface area contributed by atoms with Gasteiger partial charge in [-0.3, -0.25) is 9.48 Å². The summed E-state index contributed by atoms with van der Waals surface area (Å²) < 4.78 is 106. The Balaban J connectivity index is 1.37. The van der Waals surface area contributed by atoms with Gasteiger partial charge in [0.1, 0.15) is 0 Å². The minimum atomic E-state index is -4.83. The van der Waals surface area contributed by atoms with Gasteiger partial charge in [-0.15, -0.1) is 0 Å². The molecule has 0 bridgehead atoms. The second-order valence-corrected chi connectivity index (χ2v) is 12.4. The quantitative estimate of drug-likeness (QED) is 0.437. The van der Waals surface area contributed by atoms with Crippen molar-refractivity contribution in [3.05, 3.63) is 52.8 Å². The third-order valence-electron chi connectivity index (χ3n) is 7.68. The average molecular weight is 579 g/mol. The van der Waals surface area contributed by atoms with Crippen LogP contribution >= 0.6 is 0 Å². The van der Waals surface area contributed by atoms with E-state index in [0.29, 0.717) is 30.6 Å². The van der Waals surface area contributed by atoms with E-state index < -0.39 is 45.6 Å². The molecule has 2 saturated heterocycles. The molecule has 1 aromatic carbocycles. The lowest BCUT2D eigenvalue weighted by Crippen LogP contribution is -2.43. The summed E-state index contributed by atoms with van der Waals surface area (Å²) in [6, 6.07) is 4.24. The van der Waals surface area contributed by atoms with E-state index in [2.05, 4.69) is 5.10 Å².